The highest BCUT2D eigenvalue weighted by atomic mass is 19.1. The SMILES string of the molecule is C#CCN(Cc1ccc(F)cc1)C(=O)c1cc(OCC)c(OCC)c(OCC)c1. The second-order valence-electron chi connectivity index (χ2n) is 6.09. The average Bonchev–Trinajstić information content (AvgIpc) is 2.71. The molecule has 0 aliphatic carbocycles. The molecule has 154 valence electrons. The van der Waals surface area contributed by atoms with Gasteiger partial charge < -0.3 is 19.1 Å². The van der Waals surface area contributed by atoms with Crippen LogP contribution in [0.2, 0.25) is 0 Å². The molecule has 29 heavy (non-hydrogen) atoms. The lowest BCUT2D eigenvalue weighted by Crippen LogP contribution is -2.31. The van der Waals surface area contributed by atoms with Gasteiger partial charge in [0.05, 0.1) is 26.4 Å². The lowest BCUT2D eigenvalue weighted by molar-refractivity contribution is 0.0764. The van der Waals surface area contributed by atoms with Crippen LogP contribution >= 0.6 is 0 Å². The predicted molar refractivity (Wildman–Crippen MR) is 110 cm³/mol. The van der Waals surface area contributed by atoms with Gasteiger partial charge in [-0.15, -0.1) is 6.42 Å². The van der Waals surface area contributed by atoms with Crippen molar-refractivity contribution in [1.29, 1.82) is 0 Å². The first kappa shape index (κ1) is 22.1. The molecule has 0 heterocycles. The van der Waals surface area contributed by atoms with Crippen LogP contribution in [-0.2, 0) is 6.54 Å². The third kappa shape index (κ3) is 5.89. The molecular formula is C23H26FNO4. The molecule has 2 aromatic carbocycles. The van der Waals surface area contributed by atoms with Gasteiger partial charge >= 0.3 is 0 Å². The topological polar surface area (TPSA) is 48.0 Å². The van der Waals surface area contributed by atoms with Crippen molar-refractivity contribution in [3.05, 3.63) is 53.3 Å². The first-order valence-corrected chi connectivity index (χ1v) is 9.57. The van der Waals surface area contributed by atoms with Crippen molar-refractivity contribution in [2.45, 2.75) is 27.3 Å². The van der Waals surface area contributed by atoms with E-state index in [1.165, 1.54) is 17.0 Å². The normalized spacial score (nSPS) is 10.2. The zero-order valence-corrected chi connectivity index (χ0v) is 17.0. The smallest absolute Gasteiger partial charge is 0.255 e. The van der Waals surface area contributed by atoms with Gasteiger partial charge in [-0.2, -0.15) is 0 Å². The summed E-state index contributed by atoms with van der Waals surface area (Å²) in [5.41, 5.74) is 1.15. The van der Waals surface area contributed by atoms with Crippen molar-refractivity contribution < 1.29 is 23.4 Å². The van der Waals surface area contributed by atoms with Gasteiger partial charge in [0, 0.05) is 12.1 Å². The third-order valence-corrected chi connectivity index (χ3v) is 4.01. The highest BCUT2D eigenvalue weighted by Crippen LogP contribution is 2.39. The second-order valence-corrected chi connectivity index (χ2v) is 6.09. The summed E-state index contributed by atoms with van der Waals surface area (Å²) in [7, 11) is 0. The number of hydrogen-bond acceptors (Lipinski definition) is 4. The quantitative estimate of drug-likeness (QED) is 0.559. The number of carbonyl (C=O) groups excluding carboxylic acids is 1. The van der Waals surface area contributed by atoms with Gasteiger partial charge in [-0.25, -0.2) is 4.39 Å². The van der Waals surface area contributed by atoms with Crippen molar-refractivity contribution in [2.75, 3.05) is 26.4 Å². The number of nitrogens with zero attached hydrogens (tertiary/aromatic N) is 1. The van der Waals surface area contributed by atoms with E-state index in [-0.39, 0.29) is 24.8 Å². The Kier molecular flexibility index (Phi) is 8.35. The maximum absolute atomic E-state index is 13.2. The lowest BCUT2D eigenvalue weighted by Gasteiger charge is -2.22. The summed E-state index contributed by atoms with van der Waals surface area (Å²) in [6, 6.07) is 9.22. The van der Waals surface area contributed by atoms with Crippen LogP contribution in [0.25, 0.3) is 0 Å². The minimum Gasteiger partial charge on any atom is -0.490 e. The monoisotopic (exact) mass is 399 g/mol. The van der Waals surface area contributed by atoms with Crippen LogP contribution in [0.1, 0.15) is 36.7 Å². The first-order chi connectivity index (χ1) is 14.0. The predicted octanol–water partition coefficient (Wildman–Crippen LogP) is 4.30. The maximum atomic E-state index is 13.2. The fourth-order valence-electron chi connectivity index (χ4n) is 2.81. The molecule has 2 aromatic rings. The number of hydrogen-bond donors (Lipinski definition) is 0. The molecule has 2 rings (SSSR count). The van der Waals surface area contributed by atoms with E-state index < -0.39 is 0 Å². The Labute approximate surface area is 171 Å². The Bertz CT molecular complexity index is 831. The summed E-state index contributed by atoms with van der Waals surface area (Å²) >= 11 is 0. The van der Waals surface area contributed by atoms with Crippen LogP contribution in [0, 0.1) is 18.2 Å². The van der Waals surface area contributed by atoms with Crippen LogP contribution in [0.5, 0.6) is 17.2 Å². The minimum absolute atomic E-state index is 0.108. The van der Waals surface area contributed by atoms with Crippen molar-refractivity contribution in [3.63, 3.8) is 0 Å². The largest absolute Gasteiger partial charge is 0.490 e. The number of rotatable bonds is 10. The van der Waals surface area contributed by atoms with E-state index in [4.69, 9.17) is 20.6 Å². The van der Waals surface area contributed by atoms with Crippen LogP contribution < -0.4 is 14.2 Å². The molecule has 0 atom stereocenters. The molecule has 1 amide bonds. The molecule has 0 N–H and O–H groups in total. The van der Waals surface area contributed by atoms with Crippen molar-refractivity contribution in [3.8, 4) is 29.6 Å². The summed E-state index contributed by atoms with van der Waals surface area (Å²) in [5.74, 6) is 3.23. The number of ether oxygens (including phenoxy) is 3. The summed E-state index contributed by atoms with van der Waals surface area (Å²) in [6.07, 6.45) is 5.47. The van der Waals surface area contributed by atoms with Crippen LogP contribution in [0.3, 0.4) is 0 Å². The fourth-order valence-corrected chi connectivity index (χ4v) is 2.81. The molecule has 0 saturated heterocycles. The molecule has 0 bridgehead atoms. The second kappa shape index (κ2) is 11.0. The zero-order valence-electron chi connectivity index (χ0n) is 17.0. The molecular weight excluding hydrogens is 373 g/mol. The van der Waals surface area contributed by atoms with E-state index in [1.807, 2.05) is 20.8 Å². The number of amides is 1. The van der Waals surface area contributed by atoms with Gasteiger partial charge in [0.1, 0.15) is 5.82 Å². The minimum atomic E-state index is -0.335. The highest BCUT2D eigenvalue weighted by Gasteiger charge is 2.22. The molecule has 5 nitrogen and oxygen atoms in total. The number of benzene rings is 2. The van der Waals surface area contributed by atoms with E-state index in [1.54, 1.807) is 24.3 Å². The Hall–Kier alpha value is -3.20. The van der Waals surface area contributed by atoms with Crippen LogP contribution in [0.4, 0.5) is 4.39 Å². The van der Waals surface area contributed by atoms with Crippen molar-refractivity contribution in [1.82, 2.24) is 4.90 Å². The van der Waals surface area contributed by atoms with Gasteiger partial charge in [0.15, 0.2) is 11.5 Å². The van der Waals surface area contributed by atoms with Gasteiger partial charge in [-0.05, 0) is 50.6 Å². The Morgan fingerprint density at radius 3 is 2.03 bits per heavy atom. The van der Waals surface area contributed by atoms with E-state index in [9.17, 15) is 9.18 Å². The molecule has 0 fully saturated rings. The molecule has 0 aliphatic heterocycles. The number of halogens is 1. The molecule has 0 aliphatic rings. The summed E-state index contributed by atoms with van der Waals surface area (Å²) in [4.78, 5) is 14.7. The summed E-state index contributed by atoms with van der Waals surface area (Å²) in [6.45, 7) is 7.18. The summed E-state index contributed by atoms with van der Waals surface area (Å²) in [5, 5.41) is 0. The number of terminal acetylenes is 1. The van der Waals surface area contributed by atoms with Crippen LogP contribution in [-0.4, -0.2) is 37.2 Å². The molecule has 0 unspecified atom stereocenters. The van der Waals surface area contributed by atoms with Crippen molar-refractivity contribution >= 4 is 5.91 Å². The van der Waals surface area contributed by atoms with Gasteiger partial charge in [0.2, 0.25) is 5.75 Å². The van der Waals surface area contributed by atoms with Gasteiger partial charge in [0.25, 0.3) is 5.91 Å². The third-order valence-electron chi connectivity index (χ3n) is 4.01. The maximum Gasteiger partial charge on any atom is 0.255 e. The molecule has 0 saturated carbocycles. The highest BCUT2D eigenvalue weighted by molar-refractivity contribution is 5.95. The van der Waals surface area contributed by atoms with Crippen LogP contribution in [0.15, 0.2) is 36.4 Å². The number of carbonyl (C=O) groups is 1. The fraction of sp³-hybridized carbons (Fsp3) is 0.348. The summed E-state index contributed by atoms with van der Waals surface area (Å²) < 4.78 is 30.2. The molecule has 0 radical (unpaired) electrons. The lowest BCUT2D eigenvalue weighted by atomic mass is 10.1. The Morgan fingerprint density at radius 1 is 1.00 bits per heavy atom. The molecule has 0 spiro atoms. The van der Waals surface area contributed by atoms with E-state index in [0.29, 0.717) is 42.6 Å². The zero-order chi connectivity index (χ0) is 21.2. The Balaban J connectivity index is 2.41. The van der Waals surface area contributed by atoms with Crippen molar-refractivity contribution in [2.24, 2.45) is 0 Å². The van der Waals surface area contributed by atoms with E-state index in [2.05, 4.69) is 5.92 Å². The molecule has 6 heteroatoms. The Morgan fingerprint density at radius 2 is 1.55 bits per heavy atom. The van der Waals surface area contributed by atoms with Gasteiger partial charge in [-0.1, -0.05) is 18.1 Å². The molecule has 0 aromatic heterocycles. The van der Waals surface area contributed by atoms with E-state index >= 15 is 0 Å². The first-order valence-electron chi connectivity index (χ1n) is 9.57. The standard InChI is InChI=1S/C23H26FNO4/c1-5-13-25(16-17-9-11-19(24)12-10-17)23(26)18-14-20(27-6-2)22(29-8-4)21(15-18)28-7-3/h1,9-12,14-15H,6-8,13,16H2,2-4H3. The average molecular weight is 399 g/mol. The van der Waals surface area contributed by atoms with E-state index in [0.717, 1.165) is 5.56 Å². The van der Waals surface area contributed by atoms with Gasteiger partial charge in [-0.3, -0.25) is 4.79 Å².